The lowest BCUT2D eigenvalue weighted by atomic mass is 10.0. The number of hydrogen-bond donors (Lipinski definition) is 1. The number of fused-ring (bicyclic) bond motifs is 1. The number of aryl methyl sites for hydroxylation is 3. The van der Waals surface area contributed by atoms with Crippen molar-refractivity contribution in [3.05, 3.63) is 81.1 Å². The van der Waals surface area contributed by atoms with Crippen molar-refractivity contribution in [1.29, 1.82) is 0 Å². The monoisotopic (exact) mass is 465 g/mol. The molecular weight excluding hydrogens is 442 g/mol. The Labute approximate surface area is 196 Å². The molecule has 4 rings (SSSR count). The molecule has 0 aliphatic rings. The molecule has 0 unspecified atom stereocenters. The van der Waals surface area contributed by atoms with E-state index in [0.717, 1.165) is 28.9 Å². The molecule has 164 valence electrons. The first-order chi connectivity index (χ1) is 15.3. The van der Waals surface area contributed by atoms with E-state index in [9.17, 15) is 4.79 Å². The summed E-state index contributed by atoms with van der Waals surface area (Å²) in [4.78, 5) is 21.6. The number of nitrogens with zero attached hydrogens (tertiary/aromatic N) is 4. The fourth-order valence-corrected chi connectivity index (χ4v) is 4.27. The van der Waals surface area contributed by atoms with Crippen molar-refractivity contribution in [3.8, 4) is 0 Å². The molecule has 1 N–H and O–H groups in total. The summed E-state index contributed by atoms with van der Waals surface area (Å²) in [6.07, 6.45) is 0.782. The van der Waals surface area contributed by atoms with Gasteiger partial charge < -0.3 is 5.32 Å². The van der Waals surface area contributed by atoms with E-state index >= 15 is 0 Å². The summed E-state index contributed by atoms with van der Waals surface area (Å²) in [7, 11) is 0. The number of anilines is 1. The number of hydrogen-bond acceptors (Lipinski definition) is 5. The molecule has 8 heteroatoms. The van der Waals surface area contributed by atoms with Gasteiger partial charge in [-0.3, -0.25) is 4.79 Å². The van der Waals surface area contributed by atoms with Gasteiger partial charge in [0, 0.05) is 28.5 Å². The molecule has 0 aliphatic heterocycles. The van der Waals surface area contributed by atoms with Gasteiger partial charge in [-0.15, -0.1) is 5.10 Å². The Bertz CT molecular complexity index is 1300. The van der Waals surface area contributed by atoms with Gasteiger partial charge in [0.15, 0.2) is 0 Å². The second kappa shape index (κ2) is 9.30. The first kappa shape index (κ1) is 22.3. The quantitative estimate of drug-likeness (QED) is 0.389. The van der Waals surface area contributed by atoms with Crippen LogP contribution >= 0.6 is 23.4 Å². The second-order valence-electron chi connectivity index (χ2n) is 7.78. The maximum absolute atomic E-state index is 12.4. The Hall–Kier alpha value is -2.90. The van der Waals surface area contributed by atoms with Crippen molar-refractivity contribution in [3.63, 3.8) is 0 Å². The molecule has 6 nitrogen and oxygen atoms in total. The molecule has 2 heterocycles. The highest BCUT2D eigenvalue weighted by atomic mass is 35.5. The lowest BCUT2D eigenvalue weighted by Crippen LogP contribution is -2.15. The third-order valence-electron chi connectivity index (χ3n) is 5.41. The number of amides is 1. The Morgan fingerprint density at radius 2 is 1.81 bits per heavy atom. The van der Waals surface area contributed by atoms with Gasteiger partial charge in [-0.1, -0.05) is 59.3 Å². The van der Waals surface area contributed by atoms with E-state index in [1.807, 2.05) is 32.9 Å². The van der Waals surface area contributed by atoms with Crippen LogP contribution in [0.3, 0.4) is 0 Å². The summed E-state index contributed by atoms with van der Waals surface area (Å²) in [5, 5.41) is 8.62. The first-order valence-electron chi connectivity index (χ1n) is 10.3. The number of halogens is 1. The molecule has 0 radical (unpaired) electrons. The predicted octanol–water partition coefficient (Wildman–Crippen LogP) is 5.33. The standard InChI is InChI=1S/C24H24ClN5OS/c1-14-8-10-18(11-9-14)12-19-16(3)26-23-28-24(29-30(23)17(19)4)32-13-22(31)27-21-7-5-6-20(25)15(21)2/h5-11H,12-13H2,1-4H3,(H,27,31). The van der Waals surface area contributed by atoms with E-state index in [2.05, 4.69) is 51.6 Å². The van der Waals surface area contributed by atoms with Crippen LogP contribution in [0, 0.1) is 27.7 Å². The molecule has 0 atom stereocenters. The minimum Gasteiger partial charge on any atom is -0.325 e. The number of rotatable bonds is 6. The van der Waals surface area contributed by atoms with Crippen molar-refractivity contribution in [2.45, 2.75) is 39.3 Å². The van der Waals surface area contributed by atoms with Gasteiger partial charge in [0.25, 0.3) is 5.78 Å². The molecule has 32 heavy (non-hydrogen) atoms. The van der Waals surface area contributed by atoms with E-state index in [4.69, 9.17) is 11.6 Å². The Morgan fingerprint density at radius 3 is 2.56 bits per heavy atom. The van der Waals surface area contributed by atoms with Crippen LogP contribution in [0.25, 0.3) is 5.78 Å². The lowest BCUT2D eigenvalue weighted by molar-refractivity contribution is -0.113. The second-order valence-corrected chi connectivity index (χ2v) is 9.13. The average molecular weight is 466 g/mol. The Kier molecular flexibility index (Phi) is 6.48. The molecule has 0 bridgehead atoms. The minimum absolute atomic E-state index is 0.139. The highest BCUT2D eigenvalue weighted by Gasteiger charge is 2.15. The van der Waals surface area contributed by atoms with Gasteiger partial charge in [0.05, 0.1) is 5.75 Å². The topological polar surface area (TPSA) is 72.2 Å². The van der Waals surface area contributed by atoms with Crippen molar-refractivity contribution >= 4 is 40.7 Å². The molecule has 0 spiro atoms. The molecule has 4 aromatic rings. The highest BCUT2D eigenvalue weighted by Crippen LogP contribution is 2.24. The predicted molar refractivity (Wildman–Crippen MR) is 130 cm³/mol. The molecular formula is C24H24ClN5OS. The van der Waals surface area contributed by atoms with E-state index in [0.29, 0.717) is 21.6 Å². The van der Waals surface area contributed by atoms with Crippen LogP contribution in [0.2, 0.25) is 5.02 Å². The summed E-state index contributed by atoms with van der Waals surface area (Å²) in [5.74, 6) is 0.596. The number of carbonyl (C=O) groups is 1. The van der Waals surface area contributed by atoms with E-state index < -0.39 is 0 Å². The zero-order valence-electron chi connectivity index (χ0n) is 18.4. The maximum atomic E-state index is 12.4. The van der Waals surface area contributed by atoms with Crippen molar-refractivity contribution in [2.24, 2.45) is 0 Å². The number of aromatic nitrogens is 4. The van der Waals surface area contributed by atoms with Crippen LogP contribution in [-0.2, 0) is 11.2 Å². The van der Waals surface area contributed by atoms with Crippen LogP contribution in [0.15, 0.2) is 47.6 Å². The van der Waals surface area contributed by atoms with E-state index in [1.165, 1.54) is 22.9 Å². The van der Waals surface area contributed by atoms with Gasteiger partial charge >= 0.3 is 0 Å². The molecule has 2 aromatic heterocycles. The van der Waals surface area contributed by atoms with Crippen LogP contribution in [0.5, 0.6) is 0 Å². The fourth-order valence-electron chi connectivity index (χ4n) is 3.48. The summed E-state index contributed by atoms with van der Waals surface area (Å²) in [6.45, 7) is 7.99. The first-order valence-corrected chi connectivity index (χ1v) is 11.6. The van der Waals surface area contributed by atoms with E-state index in [1.54, 1.807) is 10.6 Å². The third-order valence-corrected chi connectivity index (χ3v) is 6.65. The van der Waals surface area contributed by atoms with Crippen LogP contribution in [0.4, 0.5) is 5.69 Å². The van der Waals surface area contributed by atoms with Gasteiger partial charge in [-0.05, 0) is 56.5 Å². The van der Waals surface area contributed by atoms with Crippen molar-refractivity contribution in [2.75, 3.05) is 11.1 Å². The molecule has 0 fully saturated rings. The summed E-state index contributed by atoms with van der Waals surface area (Å²) in [5.41, 5.74) is 7.10. The van der Waals surface area contributed by atoms with Crippen molar-refractivity contribution in [1.82, 2.24) is 19.6 Å². The highest BCUT2D eigenvalue weighted by molar-refractivity contribution is 7.99. The molecule has 0 saturated heterocycles. The number of nitrogens with one attached hydrogen (secondary N) is 1. The summed E-state index contributed by atoms with van der Waals surface area (Å²) >= 11 is 7.41. The normalized spacial score (nSPS) is 11.2. The molecule has 2 aromatic carbocycles. The fraction of sp³-hybridized carbons (Fsp3) is 0.250. The Balaban J connectivity index is 1.49. The smallest absolute Gasteiger partial charge is 0.253 e. The zero-order chi connectivity index (χ0) is 22.8. The Morgan fingerprint density at radius 1 is 1.06 bits per heavy atom. The van der Waals surface area contributed by atoms with Crippen LogP contribution < -0.4 is 5.32 Å². The molecule has 0 aliphatic carbocycles. The number of carbonyl (C=O) groups excluding carboxylic acids is 1. The number of benzene rings is 2. The maximum Gasteiger partial charge on any atom is 0.253 e. The molecule has 0 saturated carbocycles. The SMILES string of the molecule is Cc1ccc(Cc2c(C)nc3nc(SCC(=O)Nc4cccc(Cl)c4C)nn3c2C)cc1. The summed E-state index contributed by atoms with van der Waals surface area (Å²) in [6, 6.07) is 14.0. The lowest BCUT2D eigenvalue weighted by Gasteiger charge is -2.10. The van der Waals surface area contributed by atoms with Gasteiger partial charge in [0.2, 0.25) is 11.1 Å². The third kappa shape index (κ3) is 4.79. The summed E-state index contributed by atoms with van der Waals surface area (Å²) < 4.78 is 1.76. The average Bonchev–Trinajstić information content (AvgIpc) is 3.17. The zero-order valence-corrected chi connectivity index (χ0v) is 20.0. The van der Waals surface area contributed by atoms with E-state index in [-0.39, 0.29) is 11.7 Å². The van der Waals surface area contributed by atoms with Crippen molar-refractivity contribution < 1.29 is 4.79 Å². The van der Waals surface area contributed by atoms with Gasteiger partial charge in [-0.2, -0.15) is 4.98 Å². The number of thioether (sulfide) groups is 1. The largest absolute Gasteiger partial charge is 0.325 e. The minimum atomic E-state index is -0.139. The van der Waals surface area contributed by atoms with Gasteiger partial charge in [0.1, 0.15) is 0 Å². The van der Waals surface area contributed by atoms with Gasteiger partial charge in [-0.25, -0.2) is 9.50 Å². The van der Waals surface area contributed by atoms with Crippen LogP contribution in [0.1, 0.15) is 33.6 Å². The molecule has 1 amide bonds. The van der Waals surface area contributed by atoms with Crippen LogP contribution in [-0.4, -0.2) is 31.2 Å².